The molecule has 1 aliphatic heterocycles. The van der Waals surface area contributed by atoms with Gasteiger partial charge in [0, 0.05) is 44.5 Å². The molecule has 1 saturated heterocycles. The molecular weight excluding hydrogens is 282 g/mol. The molecule has 22 heavy (non-hydrogen) atoms. The molecule has 2 amide bonds. The van der Waals surface area contributed by atoms with Gasteiger partial charge in [0.05, 0.1) is 6.54 Å². The number of hydrogen-bond acceptors (Lipinski definition) is 5. The lowest BCUT2D eigenvalue weighted by molar-refractivity contribution is -0.135. The van der Waals surface area contributed by atoms with Gasteiger partial charge in [0.1, 0.15) is 0 Å². The highest BCUT2D eigenvalue weighted by Crippen LogP contribution is 2.26. The predicted molar refractivity (Wildman–Crippen MR) is 81.2 cm³/mol. The van der Waals surface area contributed by atoms with Gasteiger partial charge >= 0.3 is 0 Å². The zero-order valence-corrected chi connectivity index (χ0v) is 12.6. The van der Waals surface area contributed by atoms with E-state index in [0.717, 1.165) is 19.3 Å². The van der Waals surface area contributed by atoms with Crippen LogP contribution in [0.2, 0.25) is 0 Å². The summed E-state index contributed by atoms with van der Waals surface area (Å²) in [6.45, 7) is 2.81. The zero-order chi connectivity index (χ0) is 15.4. The van der Waals surface area contributed by atoms with Crippen molar-refractivity contribution >= 4 is 17.8 Å². The quantitative estimate of drug-likeness (QED) is 0.850. The molecule has 118 valence electrons. The normalized spacial score (nSPS) is 18.7. The second-order valence-electron chi connectivity index (χ2n) is 5.76. The number of amides is 2. The second-order valence-corrected chi connectivity index (χ2v) is 5.76. The summed E-state index contributed by atoms with van der Waals surface area (Å²) in [6.07, 6.45) is 6.47. The Balaban J connectivity index is 1.42. The topological polar surface area (TPSA) is 78.4 Å². The van der Waals surface area contributed by atoms with Gasteiger partial charge in [-0.1, -0.05) is 6.42 Å². The Morgan fingerprint density at radius 1 is 1.14 bits per heavy atom. The van der Waals surface area contributed by atoms with Crippen LogP contribution in [0.5, 0.6) is 0 Å². The molecule has 2 heterocycles. The van der Waals surface area contributed by atoms with Gasteiger partial charge in [0.2, 0.25) is 17.8 Å². The lowest BCUT2D eigenvalue weighted by Crippen LogP contribution is -2.52. The van der Waals surface area contributed by atoms with Crippen molar-refractivity contribution in [3.8, 4) is 0 Å². The number of aromatic nitrogens is 2. The molecule has 1 aromatic rings. The number of carbonyl (C=O) groups is 2. The van der Waals surface area contributed by atoms with E-state index in [2.05, 4.69) is 20.2 Å². The van der Waals surface area contributed by atoms with Crippen LogP contribution in [-0.2, 0) is 9.59 Å². The third kappa shape index (κ3) is 3.35. The highest BCUT2D eigenvalue weighted by atomic mass is 16.2. The number of nitrogens with zero attached hydrogens (tertiary/aromatic N) is 4. The van der Waals surface area contributed by atoms with Gasteiger partial charge in [0.15, 0.2) is 0 Å². The number of hydrogen-bond donors (Lipinski definition) is 1. The molecule has 2 fully saturated rings. The molecule has 7 nitrogen and oxygen atoms in total. The molecule has 0 atom stereocenters. The summed E-state index contributed by atoms with van der Waals surface area (Å²) >= 11 is 0. The average molecular weight is 303 g/mol. The first-order valence-corrected chi connectivity index (χ1v) is 7.81. The van der Waals surface area contributed by atoms with Gasteiger partial charge in [-0.15, -0.1) is 0 Å². The smallest absolute Gasteiger partial charge is 0.242 e. The Kier molecular flexibility index (Phi) is 4.50. The van der Waals surface area contributed by atoms with Crippen molar-refractivity contribution in [2.45, 2.75) is 19.3 Å². The molecular formula is C15H21N5O2. The van der Waals surface area contributed by atoms with Crippen LogP contribution in [0.3, 0.4) is 0 Å². The van der Waals surface area contributed by atoms with Gasteiger partial charge in [0.25, 0.3) is 0 Å². The van der Waals surface area contributed by atoms with Crippen LogP contribution in [0.25, 0.3) is 0 Å². The van der Waals surface area contributed by atoms with Crippen molar-refractivity contribution in [3.63, 3.8) is 0 Å². The molecule has 0 bridgehead atoms. The first-order chi connectivity index (χ1) is 10.7. The van der Waals surface area contributed by atoms with Crippen LogP contribution < -0.4 is 10.2 Å². The minimum atomic E-state index is -0.0127. The fourth-order valence-corrected chi connectivity index (χ4v) is 2.70. The maximum Gasteiger partial charge on any atom is 0.242 e. The van der Waals surface area contributed by atoms with Gasteiger partial charge in [-0.2, -0.15) is 0 Å². The van der Waals surface area contributed by atoms with Crippen LogP contribution >= 0.6 is 0 Å². The lowest BCUT2D eigenvalue weighted by atomic mass is 9.85. The second kappa shape index (κ2) is 6.72. The Morgan fingerprint density at radius 3 is 2.41 bits per heavy atom. The van der Waals surface area contributed by atoms with Crippen molar-refractivity contribution in [1.29, 1.82) is 0 Å². The van der Waals surface area contributed by atoms with Crippen LogP contribution in [0, 0.1) is 5.92 Å². The van der Waals surface area contributed by atoms with E-state index in [1.807, 2.05) is 0 Å². The van der Waals surface area contributed by atoms with Gasteiger partial charge in [-0.3, -0.25) is 9.59 Å². The molecule has 2 aliphatic rings. The van der Waals surface area contributed by atoms with Crippen LogP contribution in [0.15, 0.2) is 18.5 Å². The highest BCUT2D eigenvalue weighted by molar-refractivity contribution is 5.86. The predicted octanol–water partition coefficient (Wildman–Crippen LogP) is 0.0415. The van der Waals surface area contributed by atoms with Crippen molar-refractivity contribution in [1.82, 2.24) is 20.2 Å². The first kappa shape index (κ1) is 14.7. The van der Waals surface area contributed by atoms with Crippen molar-refractivity contribution in [3.05, 3.63) is 18.5 Å². The Morgan fingerprint density at radius 2 is 1.82 bits per heavy atom. The Hall–Kier alpha value is -2.18. The largest absolute Gasteiger partial charge is 0.347 e. The number of rotatable bonds is 4. The summed E-state index contributed by atoms with van der Waals surface area (Å²) in [5, 5.41) is 2.76. The van der Waals surface area contributed by atoms with Gasteiger partial charge in [-0.05, 0) is 18.9 Å². The van der Waals surface area contributed by atoms with E-state index < -0.39 is 0 Å². The summed E-state index contributed by atoms with van der Waals surface area (Å²) < 4.78 is 0. The summed E-state index contributed by atoms with van der Waals surface area (Å²) in [6, 6.07) is 1.79. The fourth-order valence-electron chi connectivity index (χ4n) is 2.70. The van der Waals surface area contributed by atoms with Crippen molar-refractivity contribution in [2.75, 3.05) is 37.6 Å². The Labute approximate surface area is 129 Å². The van der Waals surface area contributed by atoms with Gasteiger partial charge < -0.3 is 15.1 Å². The van der Waals surface area contributed by atoms with Gasteiger partial charge in [-0.25, -0.2) is 9.97 Å². The van der Waals surface area contributed by atoms with Crippen LogP contribution in [0.1, 0.15) is 19.3 Å². The van der Waals surface area contributed by atoms with E-state index in [4.69, 9.17) is 0 Å². The van der Waals surface area contributed by atoms with Crippen molar-refractivity contribution in [2.24, 2.45) is 5.92 Å². The summed E-state index contributed by atoms with van der Waals surface area (Å²) in [7, 11) is 0. The van der Waals surface area contributed by atoms with Crippen LogP contribution in [0.4, 0.5) is 5.95 Å². The molecule has 0 aromatic carbocycles. The third-order valence-electron chi connectivity index (χ3n) is 4.36. The van der Waals surface area contributed by atoms with Crippen LogP contribution in [-0.4, -0.2) is 59.4 Å². The van der Waals surface area contributed by atoms with E-state index >= 15 is 0 Å². The molecule has 1 aromatic heterocycles. The number of carbonyl (C=O) groups excluding carboxylic acids is 2. The number of anilines is 1. The molecule has 7 heteroatoms. The lowest BCUT2D eigenvalue weighted by Gasteiger charge is -2.34. The zero-order valence-electron chi connectivity index (χ0n) is 12.6. The molecule has 1 N–H and O–H groups in total. The van der Waals surface area contributed by atoms with E-state index in [1.54, 1.807) is 23.4 Å². The number of piperazine rings is 1. The monoisotopic (exact) mass is 303 g/mol. The number of nitrogens with one attached hydrogen (secondary N) is 1. The standard InChI is InChI=1S/C15H21N5O2/c21-13(11-18-14(22)12-3-1-4-12)19-7-9-20(10-8-19)15-16-5-2-6-17-15/h2,5-6,12H,1,3-4,7-11H2,(H,18,22). The SMILES string of the molecule is O=C(NCC(=O)N1CCN(c2ncccn2)CC1)C1CCC1. The fraction of sp³-hybridized carbons (Fsp3) is 0.600. The molecule has 1 saturated carbocycles. The molecule has 3 rings (SSSR count). The van der Waals surface area contributed by atoms with E-state index in [-0.39, 0.29) is 24.3 Å². The molecule has 0 unspecified atom stereocenters. The highest BCUT2D eigenvalue weighted by Gasteiger charge is 2.27. The third-order valence-corrected chi connectivity index (χ3v) is 4.36. The van der Waals surface area contributed by atoms with Crippen molar-refractivity contribution < 1.29 is 9.59 Å². The van der Waals surface area contributed by atoms with E-state index in [9.17, 15) is 9.59 Å². The Bertz CT molecular complexity index is 524. The first-order valence-electron chi connectivity index (χ1n) is 7.81. The minimum absolute atomic E-state index is 0.0127. The minimum Gasteiger partial charge on any atom is -0.347 e. The molecule has 1 aliphatic carbocycles. The summed E-state index contributed by atoms with van der Waals surface area (Å²) in [5.41, 5.74) is 0. The molecule has 0 spiro atoms. The maximum atomic E-state index is 12.1. The maximum absolute atomic E-state index is 12.1. The summed E-state index contributed by atoms with van der Waals surface area (Å²) in [4.78, 5) is 36.2. The molecule has 0 radical (unpaired) electrons. The average Bonchev–Trinajstić information content (AvgIpc) is 2.52. The van der Waals surface area contributed by atoms with E-state index in [1.165, 1.54) is 0 Å². The van der Waals surface area contributed by atoms with E-state index in [0.29, 0.717) is 32.1 Å². The summed E-state index contributed by atoms with van der Waals surface area (Å²) in [5.74, 6) is 0.838.